The lowest BCUT2D eigenvalue weighted by Gasteiger charge is -2.39. The van der Waals surface area contributed by atoms with Crippen LogP contribution in [0.15, 0.2) is 96.0 Å². The Labute approximate surface area is 170 Å². The van der Waals surface area contributed by atoms with Crippen LogP contribution in [0.5, 0.6) is 0 Å². The third-order valence-corrected chi connectivity index (χ3v) is 7.87. The Balaban J connectivity index is 2.39. The normalized spacial score (nSPS) is 14.2. The smallest absolute Gasteiger partial charge is 0.276 e. The number of rotatable bonds is 5. The van der Waals surface area contributed by atoms with Gasteiger partial charge in [-0.25, -0.2) is 0 Å². The number of nitrogens with one attached hydrogen (secondary N) is 2. The molecule has 0 heterocycles. The van der Waals surface area contributed by atoms with E-state index in [4.69, 9.17) is 11.2 Å². The van der Waals surface area contributed by atoms with Gasteiger partial charge in [-0.05, 0) is 27.9 Å². The summed E-state index contributed by atoms with van der Waals surface area (Å²) in [7, 11) is 3.33. The molecule has 4 nitrogen and oxygen atoms in total. The number of benzene rings is 3. The molecule has 0 spiro atoms. The summed E-state index contributed by atoms with van der Waals surface area (Å²) < 4.78 is 14.3. The summed E-state index contributed by atoms with van der Waals surface area (Å²) in [5.41, 5.74) is 2.51. The van der Waals surface area contributed by atoms with E-state index in [9.17, 15) is 4.57 Å². The molecule has 0 aliphatic carbocycles. The first-order chi connectivity index (χ1) is 13.6. The van der Waals surface area contributed by atoms with Crippen molar-refractivity contribution in [2.45, 2.75) is 5.16 Å². The fraction of sp³-hybridized carbons (Fsp3) is 0.136. The number of aliphatic imine (C=N–C) groups is 1. The van der Waals surface area contributed by atoms with Crippen LogP contribution < -0.4 is 10.4 Å². The van der Waals surface area contributed by atoms with Gasteiger partial charge in [0.15, 0.2) is 5.96 Å². The largest absolute Gasteiger partial charge is 0.359 e. The van der Waals surface area contributed by atoms with Crippen molar-refractivity contribution in [2.75, 3.05) is 14.1 Å². The van der Waals surface area contributed by atoms with Crippen LogP contribution in [0, 0.1) is 0 Å². The molecule has 0 radical (unpaired) electrons. The van der Waals surface area contributed by atoms with Crippen LogP contribution in [0.4, 0.5) is 0 Å². The summed E-state index contributed by atoms with van der Waals surface area (Å²) in [5.74, 6) is 0.366. The molecule has 0 saturated carbocycles. The molecule has 1 atom stereocenters. The van der Waals surface area contributed by atoms with Crippen molar-refractivity contribution in [1.29, 1.82) is 0 Å². The Kier molecular flexibility index (Phi) is 6.23. The third-order valence-electron chi connectivity index (χ3n) is 4.72. The first kappa shape index (κ1) is 20.2. The molecule has 2 N–H and O–H groups in total. The van der Waals surface area contributed by atoms with Crippen LogP contribution in [0.25, 0.3) is 0 Å². The first-order valence-electron chi connectivity index (χ1n) is 8.95. The maximum Gasteiger partial charge on any atom is 0.276 e. The highest BCUT2D eigenvalue weighted by Crippen LogP contribution is 2.69. The Hall–Kier alpha value is -2.55. The van der Waals surface area contributed by atoms with Crippen LogP contribution in [0.1, 0.15) is 16.7 Å². The lowest BCUT2D eigenvalue weighted by atomic mass is 9.84. The van der Waals surface area contributed by atoms with Gasteiger partial charge in [0.25, 0.3) is 6.65 Å². The number of hydrogen-bond acceptors (Lipinski definition) is 2. The van der Waals surface area contributed by atoms with Crippen molar-refractivity contribution in [2.24, 2.45) is 4.99 Å². The van der Waals surface area contributed by atoms with Crippen LogP contribution in [-0.4, -0.2) is 20.1 Å². The zero-order valence-electron chi connectivity index (χ0n) is 15.8. The molecule has 1 unspecified atom stereocenters. The summed E-state index contributed by atoms with van der Waals surface area (Å²) >= 11 is 6.94. The maximum absolute atomic E-state index is 14.3. The zero-order chi connectivity index (χ0) is 20.0. The van der Waals surface area contributed by atoms with E-state index in [0.29, 0.717) is 5.96 Å². The van der Waals surface area contributed by atoms with Crippen molar-refractivity contribution < 1.29 is 4.57 Å². The molecule has 0 saturated heterocycles. The molecule has 0 bridgehead atoms. The maximum atomic E-state index is 14.3. The number of nitrogens with zero attached hydrogens (tertiary/aromatic N) is 1. The van der Waals surface area contributed by atoms with Gasteiger partial charge in [0.2, 0.25) is 0 Å². The molecule has 0 amide bonds. The molecule has 0 fully saturated rings. The van der Waals surface area contributed by atoms with Gasteiger partial charge in [0.1, 0.15) is 5.16 Å². The number of halogens is 1. The lowest BCUT2D eigenvalue weighted by Crippen LogP contribution is -2.39. The minimum Gasteiger partial charge on any atom is -0.359 e. The standard InChI is InChI=1S/C22H23ClN3OP/c1-24-21(25-2)26-28(23,27)22(18-12-6-3-7-13-18,19-14-8-4-9-15-19)20-16-10-5-11-17-20/h3-17H,1-2H3,(H2,24,25,26,27). The summed E-state index contributed by atoms with van der Waals surface area (Å²) in [5, 5.41) is 4.80. The third kappa shape index (κ3) is 3.58. The molecule has 3 rings (SSSR count). The van der Waals surface area contributed by atoms with Crippen LogP contribution in [0.3, 0.4) is 0 Å². The van der Waals surface area contributed by atoms with Gasteiger partial charge in [-0.2, -0.15) is 0 Å². The Bertz CT molecular complexity index is 882. The molecule has 0 aromatic heterocycles. The van der Waals surface area contributed by atoms with Gasteiger partial charge in [-0.15, -0.1) is 0 Å². The molecular weight excluding hydrogens is 389 g/mol. The van der Waals surface area contributed by atoms with E-state index in [-0.39, 0.29) is 0 Å². The van der Waals surface area contributed by atoms with Crippen molar-refractivity contribution >= 4 is 23.8 Å². The predicted molar refractivity (Wildman–Crippen MR) is 118 cm³/mol. The van der Waals surface area contributed by atoms with Crippen molar-refractivity contribution in [3.63, 3.8) is 0 Å². The highest BCUT2D eigenvalue weighted by atomic mass is 35.7. The van der Waals surface area contributed by atoms with Gasteiger partial charge in [-0.1, -0.05) is 91.0 Å². The minimum absolute atomic E-state index is 0.366. The lowest BCUT2D eigenvalue weighted by molar-refractivity contribution is 0.565. The van der Waals surface area contributed by atoms with E-state index in [0.717, 1.165) is 16.7 Å². The monoisotopic (exact) mass is 411 g/mol. The highest BCUT2D eigenvalue weighted by molar-refractivity contribution is 7.89. The van der Waals surface area contributed by atoms with Gasteiger partial charge in [0, 0.05) is 14.1 Å². The van der Waals surface area contributed by atoms with E-state index in [1.165, 1.54) is 0 Å². The van der Waals surface area contributed by atoms with Crippen molar-refractivity contribution in [1.82, 2.24) is 10.4 Å². The average Bonchev–Trinajstić information content (AvgIpc) is 2.75. The quantitative estimate of drug-likeness (QED) is 0.262. The molecular formula is C22H23ClN3OP. The molecule has 6 heteroatoms. The Morgan fingerprint density at radius 2 is 1.18 bits per heavy atom. The van der Waals surface area contributed by atoms with Crippen molar-refractivity contribution in [3.05, 3.63) is 108 Å². The Morgan fingerprint density at radius 3 is 1.46 bits per heavy atom. The second-order valence-electron chi connectivity index (χ2n) is 6.27. The Morgan fingerprint density at radius 1 is 0.821 bits per heavy atom. The number of guanidine groups is 1. The molecule has 144 valence electrons. The van der Waals surface area contributed by atoms with Gasteiger partial charge in [0.05, 0.1) is 0 Å². The van der Waals surface area contributed by atoms with Crippen molar-refractivity contribution in [3.8, 4) is 0 Å². The first-order valence-corrected chi connectivity index (χ1v) is 11.6. The summed E-state index contributed by atoms with van der Waals surface area (Å²) in [4.78, 5) is 4.12. The summed E-state index contributed by atoms with van der Waals surface area (Å²) in [6.45, 7) is -3.66. The highest BCUT2D eigenvalue weighted by Gasteiger charge is 2.52. The molecule has 3 aromatic rings. The van der Waals surface area contributed by atoms with Crippen LogP contribution >= 0.6 is 17.9 Å². The van der Waals surface area contributed by atoms with Gasteiger partial charge < -0.3 is 5.32 Å². The van der Waals surface area contributed by atoms with Gasteiger partial charge >= 0.3 is 0 Å². The van der Waals surface area contributed by atoms with E-state index >= 15 is 0 Å². The molecule has 0 aliphatic heterocycles. The van der Waals surface area contributed by atoms with E-state index < -0.39 is 11.8 Å². The molecule has 3 aromatic carbocycles. The average molecular weight is 412 g/mol. The van der Waals surface area contributed by atoms with Crippen LogP contribution in [-0.2, 0) is 9.72 Å². The predicted octanol–water partition coefficient (Wildman–Crippen LogP) is 5.21. The summed E-state index contributed by atoms with van der Waals surface area (Å²) in [6.07, 6.45) is 0. The summed E-state index contributed by atoms with van der Waals surface area (Å²) in [6, 6.07) is 29.1. The molecule has 28 heavy (non-hydrogen) atoms. The second kappa shape index (κ2) is 8.64. The zero-order valence-corrected chi connectivity index (χ0v) is 17.5. The molecule has 0 aliphatic rings. The van der Waals surface area contributed by atoms with Crippen LogP contribution in [0.2, 0.25) is 0 Å². The number of hydrogen-bond donors (Lipinski definition) is 2. The minimum atomic E-state index is -3.66. The fourth-order valence-electron chi connectivity index (χ4n) is 3.47. The fourth-order valence-corrected chi connectivity index (χ4v) is 6.69. The van der Waals surface area contributed by atoms with E-state index in [2.05, 4.69) is 15.4 Å². The van der Waals surface area contributed by atoms with E-state index in [1.54, 1.807) is 14.1 Å². The second-order valence-corrected chi connectivity index (χ2v) is 9.66. The van der Waals surface area contributed by atoms with Gasteiger partial charge in [-0.3, -0.25) is 14.6 Å². The van der Waals surface area contributed by atoms with E-state index in [1.807, 2.05) is 91.0 Å². The SMILES string of the molecule is CN=C(NC)NP(=O)(Cl)C(c1ccccc1)(c1ccccc1)c1ccccc1. The topological polar surface area (TPSA) is 53.5 Å².